The second-order valence-corrected chi connectivity index (χ2v) is 4.95. The predicted molar refractivity (Wildman–Crippen MR) is 77.5 cm³/mol. The molecule has 100 valence electrons. The van der Waals surface area contributed by atoms with Crippen LogP contribution in [0.2, 0.25) is 0 Å². The van der Waals surface area contributed by atoms with Gasteiger partial charge in [0.2, 0.25) is 0 Å². The first-order chi connectivity index (χ1) is 9.18. The lowest BCUT2D eigenvalue weighted by Crippen LogP contribution is -2.23. The fraction of sp³-hybridized carbons (Fsp3) is 0.286. The average Bonchev–Trinajstić information content (AvgIpc) is 2.44. The Morgan fingerprint density at radius 1 is 1.32 bits per heavy atom. The zero-order valence-electron chi connectivity index (χ0n) is 10.7. The highest BCUT2D eigenvalue weighted by Gasteiger charge is 2.04. The molecule has 0 N–H and O–H groups in total. The summed E-state index contributed by atoms with van der Waals surface area (Å²) in [5, 5.41) is 0. The molecule has 4 nitrogen and oxygen atoms in total. The lowest BCUT2D eigenvalue weighted by Gasteiger charge is -2.08. The molecular formula is C14H15BrN2O2. The molecule has 0 saturated carbocycles. The zero-order chi connectivity index (χ0) is 13.7. The van der Waals surface area contributed by atoms with Crippen LogP contribution in [0.15, 0.2) is 45.9 Å². The Bertz CT molecular complexity index is 596. The Morgan fingerprint density at radius 2 is 2.05 bits per heavy atom. The predicted octanol–water partition coefficient (Wildman–Crippen LogP) is 2.78. The van der Waals surface area contributed by atoms with E-state index in [1.165, 1.54) is 0 Å². The van der Waals surface area contributed by atoms with Crippen molar-refractivity contribution in [2.45, 2.75) is 19.9 Å². The van der Waals surface area contributed by atoms with E-state index in [9.17, 15) is 4.79 Å². The number of benzene rings is 1. The molecule has 0 aliphatic heterocycles. The van der Waals surface area contributed by atoms with Crippen LogP contribution >= 0.6 is 15.9 Å². The summed E-state index contributed by atoms with van der Waals surface area (Å²) in [5.74, 6) is 0.845. The number of nitrogens with zero attached hydrogens (tertiary/aromatic N) is 2. The zero-order valence-corrected chi connectivity index (χ0v) is 12.3. The number of hydrogen-bond acceptors (Lipinski definition) is 3. The van der Waals surface area contributed by atoms with Crippen LogP contribution < -0.4 is 10.3 Å². The first kappa shape index (κ1) is 13.8. The van der Waals surface area contributed by atoms with Gasteiger partial charge in [-0.05, 0) is 41.4 Å². The molecule has 0 saturated heterocycles. The van der Waals surface area contributed by atoms with E-state index in [-0.39, 0.29) is 5.56 Å². The third-order valence-electron chi connectivity index (χ3n) is 2.71. The van der Waals surface area contributed by atoms with E-state index in [1.807, 2.05) is 30.3 Å². The van der Waals surface area contributed by atoms with Gasteiger partial charge in [-0.1, -0.05) is 18.2 Å². The highest BCUT2D eigenvalue weighted by molar-refractivity contribution is 9.10. The second-order valence-electron chi connectivity index (χ2n) is 4.16. The molecule has 0 bridgehead atoms. The minimum absolute atomic E-state index is 0.0489. The summed E-state index contributed by atoms with van der Waals surface area (Å²) >= 11 is 3.25. The van der Waals surface area contributed by atoms with Crippen LogP contribution in [0.25, 0.3) is 0 Å². The molecule has 1 heterocycles. The first-order valence-corrected chi connectivity index (χ1v) is 6.87. The second kappa shape index (κ2) is 6.52. The number of halogens is 1. The molecule has 0 atom stereocenters. The van der Waals surface area contributed by atoms with Gasteiger partial charge in [0.1, 0.15) is 10.2 Å². The molecule has 1 aromatic carbocycles. The van der Waals surface area contributed by atoms with Crippen LogP contribution in [0.3, 0.4) is 0 Å². The Labute approximate surface area is 120 Å². The summed E-state index contributed by atoms with van der Waals surface area (Å²) in [4.78, 5) is 16.0. The summed E-state index contributed by atoms with van der Waals surface area (Å²) in [6.07, 6.45) is 2.33. The third kappa shape index (κ3) is 3.67. The molecule has 1 aromatic heterocycles. The normalized spacial score (nSPS) is 10.4. The summed E-state index contributed by atoms with van der Waals surface area (Å²) in [5.41, 5.74) is 0.661. The summed E-state index contributed by atoms with van der Waals surface area (Å²) in [6.45, 7) is 2.97. The van der Waals surface area contributed by atoms with Crippen molar-refractivity contribution >= 4 is 15.9 Å². The standard InChI is InChI=1S/C14H15BrN2O2/c1-11-13(15)14(18)17(10-16-11)8-5-9-19-12-6-3-2-4-7-12/h2-4,6-7,10H,5,8-9H2,1H3. The quantitative estimate of drug-likeness (QED) is 0.795. The lowest BCUT2D eigenvalue weighted by atomic mass is 10.3. The average molecular weight is 323 g/mol. The van der Waals surface area contributed by atoms with Gasteiger partial charge >= 0.3 is 0 Å². The van der Waals surface area contributed by atoms with Crippen molar-refractivity contribution in [1.29, 1.82) is 0 Å². The Morgan fingerprint density at radius 3 is 2.79 bits per heavy atom. The first-order valence-electron chi connectivity index (χ1n) is 6.08. The van der Waals surface area contributed by atoms with E-state index >= 15 is 0 Å². The van der Waals surface area contributed by atoms with E-state index < -0.39 is 0 Å². The van der Waals surface area contributed by atoms with Crippen LogP contribution in [-0.4, -0.2) is 16.2 Å². The van der Waals surface area contributed by atoms with Gasteiger partial charge in [-0.2, -0.15) is 0 Å². The van der Waals surface area contributed by atoms with E-state index in [0.717, 1.165) is 12.2 Å². The molecule has 0 aliphatic carbocycles. The van der Waals surface area contributed by atoms with Gasteiger partial charge in [-0.3, -0.25) is 9.36 Å². The van der Waals surface area contributed by atoms with Gasteiger partial charge in [0.25, 0.3) is 5.56 Å². The maximum absolute atomic E-state index is 11.9. The number of aromatic nitrogens is 2. The van der Waals surface area contributed by atoms with Crippen LogP contribution in [0.4, 0.5) is 0 Å². The molecule has 19 heavy (non-hydrogen) atoms. The molecule has 0 radical (unpaired) electrons. The summed E-state index contributed by atoms with van der Waals surface area (Å²) in [7, 11) is 0. The molecule has 2 aromatic rings. The molecular weight excluding hydrogens is 308 g/mol. The highest BCUT2D eigenvalue weighted by atomic mass is 79.9. The van der Waals surface area contributed by atoms with Crippen molar-refractivity contribution in [2.24, 2.45) is 0 Å². The van der Waals surface area contributed by atoms with Crippen molar-refractivity contribution < 1.29 is 4.74 Å². The number of aryl methyl sites for hydroxylation is 2. The van der Waals surface area contributed by atoms with Crippen LogP contribution in [0.1, 0.15) is 12.1 Å². The SMILES string of the molecule is Cc1ncn(CCCOc2ccccc2)c(=O)c1Br. The Balaban J connectivity index is 1.87. The van der Waals surface area contributed by atoms with Gasteiger partial charge in [-0.15, -0.1) is 0 Å². The number of ether oxygens (including phenoxy) is 1. The van der Waals surface area contributed by atoms with Gasteiger partial charge < -0.3 is 4.74 Å². The minimum Gasteiger partial charge on any atom is -0.494 e. The number of para-hydroxylation sites is 1. The van der Waals surface area contributed by atoms with Crippen molar-refractivity contribution in [2.75, 3.05) is 6.61 Å². The van der Waals surface area contributed by atoms with E-state index in [2.05, 4.69) is 20.9 Å². The number of hydrogen-bond donors (Lipinski definition) is 0. The van der Waals surface area contributed by atoms with Gasteiger partial charge in [0.15, 0.2) is 0 Å². The van der Waals surface area contributed by atoms with Crippen molar-refractivity contribution in [1.82, 2.24) is 9.55 Å². The van der Waals surface area contributed by atoms with E-state index in [0.29, 0.717) is 23.3 Å². The molecule has 0 aliphatic rings. The molecule has 0 fully saturated rings. The molecule has 5 heteroatoms. The fourth-order valence-corrected chi connectivity index (χ4v) is 1.98. The van der Waals surface area contributed by atoms with Gasteiger partial charge in [-0.25, -0.2) is 4.98 Å². The van der Waals surface area contributed by atoms with Crippen molar-refractivity contribution in [3.8, 4) is 5.75 Å². The largest absolute Gasteiger partial charge is 0.494 e. The van der Waals surface area contributed by atoms with Crippen molar-refractivity contribution in [3.63, 3.8) is 0 Å². The molecule has 2 rings (SSSR count). The maximum Gasteiger partial charge on any atom is 0.267 e. The molecule has 0 unspecified atom stereocenters. The smallest absolute Gasteiger partial charge is 0.267 e. The maximum atomic E-state index is 11.9. The molecule has 0 spiro atoms. The van der Waals surface area contributed by atoms with Crippen LogP contribution in [0.5, 0.6) is 5.75 Å². The van der Waals surface area contributed by atoms with E-state index in [4.69, 9.17) is 4.74 Å². The summed E-state index contributed by atoms with van der Waals surface area (Å²) < 4.78 is 7.69. The topological polar surface area (TPSA) is 44.1 Å². The number of rotatable bonds is 5. The van der Waals surface area contributed by atoms with Gasteiger partial charge in [0.05, 0.1) is 18.6 Å². The monoisotopic (exact) mass is 322 g/mol. The molecule has 0 amide bonds. The van der Waals surface area contributed by atoms with Crippen LogP contribution in [0, 0.1) is 6.92 Å². The summed E-state index contributed by atoms with van der Waals surface area (Å²) in [6, 6.07) is 9.63. The Hall–Kier alpha value is -1.62. The fourth-order valence-electron chi connectivity index (χ4n) is 1.65. The Kier molecular flexibility index (Phi) is 4.74. The van der Waals surface area contributed by atoms with Gasteiger partial charge in [0, 0.05) is 6.54 Å². The van der Waals surface area contributed by atoms with Crippen LogP contribution in [-0.2, 0) is 6.54 Å². The van der Waals surface area contributed by atoms with E-state index in [1.54, 1.807) is 17.8 Å². The highest BCUT2D eigenvalue weighted by Crippen LogP contribution is 2.09. The third-order valence-corrected chi connectivity index (χ3v) is 3.63. The van der Waals surface area contributed by atoms with Crippen molar-refractivity contribution in [3.05, 3.63) is 57.2 Å². The minimum atomic E-state index is -0.0489. The lowest BCUT2D eigenvalue weighted by molar-refractivity contribution is 0.300.